The molecule has 10 heteroatoms. The van der Waals surface area contributed by atoms with Gasteiger partial charge in [-0.25, -0.2) is 4.39 Å². The number of nitrogens with two attached hydrogens (primary N) is 1. The molecule has 1 saturated heterocycles. The fraction of sp³-hybridized carbons (Fsp3) is 0.304. The van der Waals surface area contributed by atoms with Crippen molar-refractivity contribution in [3.05, 3.63) is 59.9 Å². The number of carbonyl (C=O) groups excluding carboxylic acids is 3. The molecule has 9 nitrogen and oxygen atoms in total. The van der Waals surface area contributed by atoms with E-state index in [1.54, 1.807) is 41.2 Å². The summed E-state index contributed by atoms with van der Waals surface area (Å²) >= 11 is 0. The number of anilines is 1. The maximum atomic E-state index is 13.3. The van der Waals surface area contributed by atoms with E-state index in [0.29, 0.717) is 43.2 Å². The highest BCUT2D eigenvalue weighted by molar-refractivity contribution is 6.40. The molecule has 3 amide bonds. The van der Waals surface area contributed by atoms with Crippen LogP contribution in [0.15, 0.2) is 53.6 Å². The van der Waals surface area contributed by atoms with Crippen LogP contribution in [-0.4, -0.2) is 72.6 Å². The molecule has 1 fully saturated rings. The molecule has 0 spiro atoms. The molecule has 33 heavy (non-hydrogen) atoms. The first-order chi connectivity index (χ1) is 15.9. The first-order valence-corrected chi connectivity index (χ1v) is 10.5. The maximum absolute atomic E-state index is 13.3. The summed E-state index contributed by atoms with van der Waals surface area (Å²) in [6.45, 7) is 1.42. The number of hydrogen-bond acceptors (Lipinski definition) is 6. The predicted octanol–water partition coefficient (Wildman–Crippen LogP) is 1.24. The van der Waals surface area contributed by atoms with Gasteiger partial charge in [-0.1, -0.05) is 6.07 Å². The lowest BCUT2D eigenvalue weighted by Gasteiger charge is -2.34. The van der Waals surface area contributed by atoms with Crippen LogP contribution < -0.4 is 15.5 Å². The van der Waals surface area contributed by atoms with E-state index in [1.807, 2.05) is 0 Å². The van der Waals surface area contributed by atoms with Crippen molar-refractivity contribution in [2.75, 3.05) is 38.3 Å². The summed E-state index contributed by atoms with van der Waals surface area (Å²) in [5.74, 6) is -0.881. The highest BCUT2D eigenvalue weighted by Gasteiger charge is 2.37. The van der Waals surface area contributed by atoms with Gasteiger partial charge in [-0.3, -0.25) is 19.4 Å². The quantitative estimate of drug-likeness (QED) is 0.733. The van der Waals surface area contributed by atoms with E-state index in [1.165, 1.54) is 29.3 Å². The van der Waals surface area contributed by atoms with Crippen LogP contribution in [0.2, 0.25) is 0 Å². The number of ether oxygens (including phenoxy) is 1. The Bertz CT molecular complexity index is 1100. The van der Waals surface area contributed by atoms with Crippen LogP contribution in [-0.2, 0) is 9.59 Å². The van der Waals surface area contributed by atoms with Crippen molar-refractivity contribution in [2.45, 2.75) is 12.5 Å². The first-order valence-electron chi connectivity index (χ1n) is 10.5. The number of amides is 3. The van der Waals surface area contributed by atoms with Crippen molar-refractivity contribution in [1.29, 1.82) is 0 Å². The lowest BCUT2D eigenvalue weighted by Crippen LogP contribution is -2.52. The Morgan fingerprint density at radius 2 is 1.64 bits per heavy atom. The van der Waals surface area contributed by atoms with E-state index < -0.39 is 17.8 Å². The topological polar surface area (TPSA) is 109 Å². The molecule has 0 aliphatic carbocycles. The lowest BCUT2D eigenvalue weighted by molar-refractivity contribution is -0.125. The minimum atomic E-state index is -0.828. The van der Waals surface area contributed by atoms with Crippen LogP contribution in [0.25, 0.3) is 0 Å². The Morgan fingerprint density at radius 1 is 1.00 bits per heavy atom. The van der Waals surface area contributed by atoms with Gasteiger partial charge in [-0.15, -0.1) is 0 Å². The molecule has 2 aliphatic rings. The van der Waals surface area contributed by atoms with E-state index in [9.17, 15) is 18.8 Å². The maximum Gasteiger partial charge on any atom is 0.270 e. The molecule has 2 aromatic rings. The molecule has 1 unspecified atom stereocenters. The van der Waals surface area contributed by atoms with Crippen molar-refractivity contribution >= 4 is 29.1 Å². The molecule has 2 aromatic carbocycles. The Hall–Kier alpha value is -3.95. The van der Waals surface area contributed by atoms with Crippen LogP contribution >= 0.6 is 0 Å². The minimum absolute atomic E-state index is 0.0640. The molecular weight excluding hydrogens is 429 g/mol. The van der Waals surface area contributed by atoms with E-state index in [4.69, 9.17) is 10.5 Å². The fourth-order valence-corrected chi connectivity index (χ4v) is 3.93. The van der Waals surface area contributed by atoms with Gasteiger partial charge in [0.2, 0.25) is 5.91 Å². The summed E-state index contributed by atoms with van der Waals surface area (Å²) in [6, 6.07) is 11.6. The Balaban J connectivity index is 1.42. The van der Waals surface area contributed by atoms with Crippen molar-refractivity contribution in [1.82, 2.24) is 9.80 Å². The van der Waals surface area contributed by atoms with Gasteiger partial charge >= 0.3 is 0 Å². The van der Waals surface area contributed by atoms with Gasteiger partial charge in [0, 0.05) is 38.2 Å². The van der Waals surface area contributed by atoms with Gasteiger partial charge in [-0.05, 0) is 42.5 Å². The zero-order chi connectivity index (χ0) is 23.5. The van der Waals surface area contributed by atoms with E-state index in [0.717, 1.165) is 0 Å². The number of halogens is 1. The van der Waals surface area contributed by atoms with Crippen LogP contribution in [0.4, 0.5) is 10.1 Å². The molecule has 2 aliphatic heterocycles. The average molecular weight is 453 g/mol. The smallest absolute Gasteiger partial charge is 0.270 e. The zero-order valence-electron chi connectivity index (χ0n) is 18.1. The largest absolute Gasteiger partial charge is 0.497 e. The van der Waals surface area contributed by atoms with Crippen LogP contribution in [0.3, 0.4) is 0 Å². The predicted molar refractivity (Wildman–Crippen MR) is 119 cm³/mol. The van der Waals surface area contributed by atoms with Gasteiger partial charge in [-0.2, -0.15) is 5.10 Å². The van der Waals surface area contributed by atoms with Gasteiger partial charge in [0.05, 0.1) is 12.8 Å². The Morgan fingerprint density at radius 3 is 2.24 bits per heavy atom. The van der Waals surface area contributed by atoms with Gasteiger partial charge in [0.25, 0.3) is 11.8 Å². The summed E-state index contributed by atoms with van der Waals surface area (Å²) in [5.41, 5.74) is 6.71. The molecule has 2 heterocycles. The van der Waals surface area contributed by atoms with Crippen molar-refractivity contribution in [3.8, 4) is 5.75 Å². The lowest BCUT2D eigenvalue weighted by atomic mass is 10.1. The standard InChI is InChI=1S/C23H24FN5O4/c1-33-18-4-2-3-15(13-18)22(31)27-9-11-28(12-10-27)23(32)19-14-20(21(25)30)29(26-19)17-7-5-16(24)6-8-17/h2-8,13,20H,9-12,14H2,1H3,(H2,25,30). The minimum Gasteiger partial charge on any atom is -0.497 e. The van der Waals surface area contributed by atoms with Crippen LogP contribution in [0.5, 0.6) is 5.75 Å². The summed E-state index contributed by atoms with van der Waals surface area (Å²) in [4.78, 5) is 41.1. The zero-order valence-corrected chi connectivity index (χ0v) is 18.1. The molecule has 2 N–H and O–H groups in total. The van der Waals surface area contributed by atoms with Crippen molar-refractivity contribution in [2.24, 2.45) is 10.8 Å². The average Bonchev–Trinajstić information content (AvgIpc) is 3.29. The monoisotopic (exact) mass is 453 g/mol. The number of hydrazone groups is 1. The van der Waals surface area contributed by atoms with E-state index in [2.05, 4.69) is 5.10 Å². The Kier molecular flexibility index (Phi) is 6.25. The van der Waals surface area contributed by atoms with Crippen molar-refractivity contribution in [3.63, 3.8) is 0 Å². The number of benzene rings is 2. The molecule has 0 saturated carbocycles. The second-order valence-corrected chi connectivity index (χ2v) is 7.81. The second-order valence-electron chi connectivity index (χ2n) is 7.81. The van der Waals surface area contributed by atoms with Crippen molar-refractivity contribution < 1.29 is 23.5 Å². The van der Waals surface area contributed by atoms with E-state index in [-0.39, 0.29) is 23.9 Å². The number of rotatable bonds is 5. The van der Waals surface area contributed by atoms with E-state index >= 15 is 0 Å². The fourth-order valence-electron chi connectivity index (χ4n) is 3.93. The highest BCUT2D eigenvalue weighted by atomic mass is 19.1. The molecule has 172 valence electrons. The van der Waals surface area contributed by atoms with Gasteiger partial charge in [0.1, 0.15) is 23.3 Å². The number of hydrogen-bond donors (Lipinski definition) is 1. The highest BCUT2D eigenvalue weighted by Crippen LogP contribution is 2.26. The second kappa shape index (κ2) is 9.27. The van der Waals surface area contributed by atoms with Gasteiger partial charge < -0.3 is 20.3 Å². The number of piperazine rings is 1. The summed E-state index contributed by atoms with van der Waals surface area (Å²) < 4.78 is 18.4. The summed E-state index contributed by atoms with van der Waals surface area (Å²) in [7, 11) is 1.54. The van der Waals surface area contributed by atoms with Gasteiger partial charge in [0.15, 0.2) is 0 Å². The van der Waals surface area contributed by atoms with Crippen LogP contribution in [0, 0.1) is 5.82 Å². The molecule has 0 bridgehead atoms. The number of methoxy groups -OCH3 is 1. The third-order valence-electron chi connectivity index (χ3n) is 5.75. The first kappa shape index (κ1) is 22.3. The molecular formula is C23H24FN5O4. The van der Waals surface area contributed by atoms with Crippen LogP contribution in [0.1, 0.15) is 16.8 Å². The third kappa shape index (κ3) is 4.64. The SMILES string of the molecule is COc1cccc(C(=O)N2CCN(C(=O)C3=NN(c4ccc(F)cc4)C(C(N)=O)C3)CC2)c1. The number of carbonyl (C=O) groups is 3. The third-order valence-corrected chi connectivity index (χ3v) is 5.75. The summed E-state index contributed by atoms with van der Waals surface area (Å²) in [6.07, 6.45) is 0.0640. The molecule has 0 radical (unpaired) electrons. The summed E-state index contributed by atoms with van der Waals surface area (Å²) in [5, 5.41) is 5.69. The Labute approximate surface area is 190 Å². The molecule has 0 aromatic heterocycles. The normalized spacial score (nSPS) is 18.2. The molecule has 1 atom stereocenters. The number of primary amides is 1. The molecule has 4 rings (SSSR count). The number of nitrogens with zero attached hydrogens (tertiary/aromatic N) is 4.